The largest absolute Gasteiger partial charge is 0.316 e. The third-order valence-corrected chi connectivity index (χ3v) is 3.66. The lowest BCUT2D eigenvalue weighted by atomic mass is 9.96. The maximum absolute atomic E-state index is 3.39. The highest BCUT2D eigenvalue weighted by molar-refractivity contribution is 5.00. The zero-order valence-corrected chi connectivity index (χ0v) is 8.93. The van der Waals surface area contributed by atoms with E-state index in [-0.39, 0.29) is 0 Å². The molecule has 0 bridgehead atoms. The van der Waals surface area contributed by atoms with E-state index >= 15 is 0 Å². The van der Waals surface area contributed by atoms with Crippen LogP contribution < -0.4 is 5.32 Å². The van der Waals surface area contributed by atoms with Crippen LogP contribution in [0.1, 0.15) is 40.0 Å². The maximum atomic E-state index is 3.39. The summed E-state index contributed by atoms with van der Waals surface area (Å²) in [6.45, 7) is 7.00. The average Bonchev–Trinajstić information content (AvgIpc) is 2.71. The van der Waals surface area contributed by atoms with Crippen molar-refractivity contribution in [2.24, 2.45) is 17.8 Å². The summed E-state index contributed by atoms with van der Waals surface area (Å²) in [4.78, 5) is 0. The third-order valence-electron chi connectivity index (χ3n) is 3.66. The van der Waals surface area contributed by atoms with Crippen molar-refractivity contribution in [2.45, 2.75) is 46.1 Å². The third kappa shape index (κ3) is 2.01. The fourth-order valence-corrected chi connectivity index (χ4v) is 2.39. The van der Waals surface area contributed by atoms with Crippen molar-refractivity contribution < 1.29 is 0 Å². The van der Waals surface area contributed by atoms with Crippen molar-refractivity contribution in [3.05, 3.63) is 0 Å². The Labute approximate surface area is 76.9 Å². The van der Waals surface area contributed by atoms with E-state index in [1.54, 1.807) is 0 Å². The second-order valence-corrected chi connectivity index (χ2v) is 4.26. The summed E-state index contributed by atoms with van der Waals surface area (Å²) in [6, 6.07) is 0.825. The molecule has 0 radical (unpaired) electrons. The van der Waals surface area contributed by atoms with Crippen LogP contribution in [0.2, 0.25) is 0 Å². The van der Waals surface area contributed by atoms with E-state index in [0.29, 0.717) is 0 Å². The van der Waals surface area contributed by atoms with Crippen LogP contribution in [0.15, 0.2) is 0 Å². The monoisotopic (exact) mass is 169 g/mol. The van der Waals surface area contributed by atoms with Gasteiger partial charge in [-0.2, -0.15) is 0 Å². The predicted octanol–water partition coefficient (Wildman–Crippen LogP) is 2.67. The zero-order valence-electron chi connectivity index (χ0n) is 8.93. The highest BCUT2D eigenvalue weighted by Crippen LogP contribution is 2.43. The van der Waals surface area contributed by atoms with Crippen LogP contribution in [0.4, 0.5) is 0 Å². The first-order valence-electron chi connectivity index (χ1n) is 5.41. The van der Waals surface area contributed by atoms with E-state index in [1.807, 2.05) is 0 Å². The lowest BCUT2D eigenvalue weighted by Crippen LogP contribution is -2.13. The topological polar surface area (TPSA) is 12.0 Å². The number of hydrogen-bond acceptors (Lipinski definition) is 1. The number of hydrogen-bond donors (Lipinski definition) is 1. The van der Waals surface area contributed by atoms with Crippen molar-refractivity contribution in [3.63, 3.8) is 0 Å². The molecule has 1 N–H and O–H groups in total. The molecule has 1 heteroatoms. The second kappa shape index (κ2) is 4.27. The number of rotatable bonds is 5. The first-order valence-corrected chi connectivity index (χ1v) is 5.41. The van der Waals surface area contributed by atoms with Gasteiger partial charge in [0.05, 0.1) is 0 Å². The molecule has 1 rings (SSSR count). The Morgan fingerprint density at radius 1 is 1.25 bits per heavy atom. The van der Waals surface area contributed by atoms with Gasteiger partial charge in [0, 0.05) is 6.04 Å². The first-order chi connectivity index (χ1) is 5.74. The van der Waals surface area contributed by atoms with Crippen molar-refractivity contribution in [1.82, 2.24) is 5.32 Å². The van der Waals surface area contributed by atoms with E-state index in [9.17, 15) is 0 Å². The van der Waals surface area contributed by atoms with Gasteiger partial charge in [0.1, 0.15) is 0 Å². The summed E-state index contributed by atoms with van der Waals surface area (Å²) in [7, 11) is 2.09. The smallest absolute Gasteiger partial charge is 0.0124 e. The van der Waals surface area contributed by atoms with Gasteiger partial charge < -0.3 is 5.32 Å². The van der Waals surface area contributed by atoms with E-state index < -0.39 is 0 Å². The molecular formula is C11H23N. The van der Waals surface area contributed by atoms with Crippen LogP contribution in [-0.4, -0.2) is 13.1 Å². The molecule has 1 fully saturated rings. The van der Waals surface area contributed by atoms with Gasteiger partial charge in [-0.15, -0.1) is 0 Å². The van der Waals surface area contributed by atoms with Gasteiger partial charge >= 0.3 is 0 Å². The highest BCUT2D eigenvalue weighted by atomic mass is 15.0. The van der Waals surface area contributed by atoms with Gasteiger partial charge in [-0.1, -0.05) is 33.6 Å². The maximum Gasteiger partial charge on any atom is 0.0124 e. The molecule has 0 amide bonds. The van der Waals surface area contributed by atoms with Crippen LogP contribution in [-0.2, 0) is 0 Å². The molecule has 1 aliphatic rings. The SMILES string of the molecule is CCC(CC)CC1C(NC)[C@H]1C. The minimum Gasteiger partial charge on any atom is -0.316 e. The van der Waals surface area contributed by atoms with E-state index in [2.05, 4.69) is 33.1 Å². The number of nitrogens with one attached hydrogen (secondary N) is 1. The van der Waals surface area contributed by atoms with Gasteiger partial charge in [0.15, 0.2) is 0 Å². The fourth-order valence-electron chi connectivity index (χ4n) is 2.39. The fraction of sp³-hybridized carbons (Fsp3) is 1.00. The predicted molar refractivity (Wildman–Crippen MR) is 54.2 cm³/mol. The molecule has 0 aromatic carbocycles. The highest BCUT2D eigenvalue weighted by Gasteiger charge is 2.45. The Balaban J connectivity index is 2.24. The molecule has 72 valence electrons. The van der Waals surface area contributed by atoms with Gasteiger partial charge in [-0.25, -0.2) is 0 Å². The Hall–Kier alpha value is -0.0400. The minimum absolute atomic E-state index is 0.825. The molecule has 12 heavy (non-hydrogen) atoms. The average molecular weight is 169 g/mol. The molecule has 3 atom stereocenters. The minimum atomic E-state index is 0.825. The van der Waals surface area contributed by atoms with Crippen molar-refractivity contribution in [2.75, 3.05) is 7.05 Å². The lowest BCUT2D eigenvalue weighted by molar-refractivity contribution is 0.414. The Kier molecular flexibility index (Phi) is 3.57. The Morgan fingerprint density at radius 2 is 1.83 bits per heavy atom. The molecular weight excluding hydrogens is 146 g/mol. The molecule has 0 saturated heterocycles. The van der Waals surface area contributed by atoms with Gasteiger partial charge in [-0.05, 0) is 31.2 Å². The van der Waals surface area contributed by atoms with Gasteiger partial charge in [0.25, 0.3) is 0 Å². The molecule has 0 aliphatic heterocycles. The summed E-state index contributed by atoms with van der Waals surface area (Å²) >= 11 is 0. The molecule has 2 unspecified atom stereocenters. The zero-order chi connectivity index (χ0) is 9.14. The molecule has 1 nitrogen and oxygen atoms in total. The van der Waals surface area contributed by atoms with Crippen LogP contribution in [0.5, 0.6) is 0 Å². The second-order valence-electron chi connectivity index (χ2n) is 4.26. The van der Waals surface area contributed by atoms with Crippen LogP contribution >= 0.6 is 0 Å². The molecule has 0 heterocycles. The molecule has 0 spiro atoms. The summed E-state index contributed by atoms with van der Waals surface area (Å²) < 4.78 is 0. The van der Waals surface area contributed by atoms with E-state index in [0.717, 1.165) is 23.8 Å². The quantitative estimate of drug-likeness (QED) is 0.667. The standard InChI is InChI=1S/C11H23N/c1-5-9(6-2)7-10-8(3)11(10)12-4/h8-12H,5-7H2,1-4H3/t8-,10?,11?/m0/s1. The molecule has 0 aromatic rings. The first kappa shape index (κ1) is 10.0. The van der Waals surface area contributed by atoms with Crippen molar-refractivity contribution in [1.29, 1.82) is 0 Å². The molecule has 1 aliphatic carbocycles. The van der Waals surface area contributed by atoms with E-state index in [1.165, 1.54) is 19.3 Å². The summed E-state index contributed by atoms with van der Waals surface area (Å²) in [5.74, 6) is 2.87. The summed E-state index contributed by atoms with van der Waals surface area (Å²) in [5.41, 5.74) is 0. The van der Waals surface area contributed by atoms with Crippen LogP contribution in [0, 0.1) is 17.8 Å². The lowest BCUT2D eigenvalue weighted by Gasteiger charge is -2.11. The van der Waals surface area contributed by atoms with Crippen LogP contribution in [0.25, 0.3) is 0 Å². The van der Waals surface area contributed by atoms with Crippen LogP contribution in [0.3, 0.4) is 0 Å². The summed E-state index contributed by atoms with van der Waals surface area (Å²) in [5, 5.41) is 3.39. The Bertz CT molecular complexity index is 129. The van der Waals surface area contributed by atoms with Gasteiger partial charge in [-0.3, -0.25) is 0 Å². The van der Waals surface area contributed by atoms with Gasteiger partial charge in [0.2, 0.25) is 0 Å². The van der Waals surface area contributed by atoms with E-state index in [4.69, 9.17) is 0 Å². The van der Waals surface area contributed by atoms with Crippen molar-refractivity contribution in [3.8, 4) is 0 Å². The summed E-state index contributed by atoms with van der Waals surface area (Å²) in [6.07, 6.45) is 4.16. The van der Waals surface area contributed by atoms with Crippen molar-refractivity contribution >= 4 is 0 Å². The molecule has 1 saturated carbocycles. The normalized spacial score (nSPS) is 34.2. The Morgan fingerprint density at radius 3 is 2.17 bits per heavy atom. The molecule has 0 aromatic heterocycles.